The highest BCUT2D eigenvalue weighted by atomic mass is 19.3. The number of carbonyl (C=O) groups excluding carboxylic acids is 1. The second-order valence-electron chi connectivity index (χ2n) is 5.96. The molecule has 0 saturated carbocycles. The van der Waals surface area contributed by atoms with Gasteiger partial charge in [-0.25, -0.2) is 8.78 Å². The van der Waals surface area contributed by atoms with Crippen molar-refractivity contribution in [3.63, 3.8) is 0 Å². The van der Waals surface area contributed by atoms with Crippen molar-refractivity contribution in [1.82, 2.24) is 0 Å². The van der Waals surface area contributed by atoms with Gasteiger partial charge in [-0.3, -0.25) is 4.79 Å². The summed E-state index contributed by atoms with van der Waals surface area (Å²) in [6, 6.07) is 10.0. The highest BCUT2D eigenvalue weighted by Gasteiger charge is 2.16. The maximum atomic E-state index is 13.6. The molecule has 1 N–H and O–H groups in total. The fourth-order valence-electron chi connectivity index (χ4n) is 2.43. The van der Waals surface area contributed by atoms with Crippen LogP contribution in [0.15, 0.2) is 52.9 Å². The van der Waals surface area contributed by atoms with Gasteiger partial charge in [-0.15, -0.1) is 0 Å². The van der Waals surface area contributed by atoms with Crippen LogP contribution in [-0.2, 0) is 6.61 Å². The van der Waals surface area contributed by atoms with E-state index in [0.29, 0.717) is 11.6 Å². The maximum Gasteiger partial charge on any atom is 0.387 e. The number of carbonyl (C=O) groups is 1. The summed E-state index contributed by atoms with van der Waals surface area (Å²) in [5, 5.41) is 2.43. The molecule has 9 heteroatoms. The van der Waals surface area contributed by atoms with Crippen LogP contribution in [0.3, 0.4) is 0 Å². The first-order valence-corrected chi connectivity index (χ1v) is 8.35. The summed E-state index contributed by atoms with van der Waals surface area (Å²) in [5.41, 5.74) is 0.715. The van der Waals surface area contributed by atoms with Gasteiger partial charge in [0.1, 0.15) is 23.9 Å². The van der Waals surface area contributed by atoms with Crippen molar-refractivity contribution in [1.29, 1.82) is 0 Å². The van der Waals surface area contributed by atoms with E-state index in [2.05, 4.69) is 10.1 Å². The van der Waals surface area contributed by atoms with E-state index in [-0.39, 0.29) is 35.3 Å². The lowest BCUT2D eigenvalue weighted by Gasteiger charge is -2.12. The van der Waals surface area contributed by atoms with Gasteiger partial charge in [0, 0.05) is 6.07 Å². The Kier molecular flexibility index (Phi) is 6.06. The summed E-state index contributed by atoms with van der Waals surface area (Å²) >= 11 is 0. The summed E-state index contributed by atoms with van der Waals surface area (Å²) in [6.45, 7) is -1.57. The van der Waals surface area contributed by atoms with Crippen molar-refractivity contribution in [2.45, 2.75) is 20.1 Å². The molecule has 5 nitrogen and oxygen atoms in total. The van der Waals surface area contributed by atoms with Crippen molar-refractivity contribution in [2.24, 2.45) is 0 Å². The molecule has 0 aliphatic rings. The van der Waals surface area contributed by atoms with E-state index in [9.17, 15) is 22.4 Å². The number of anilines is 1. The summed E-state index contributed by atoms with van der Waals surface area (Å²) in [5.74, 6) is -2.60. The Morgan fingerprint density at radius 1 is 1.07 bits per heavy atom. The molecule has 0 radical (unpaired) electrons. The average Bonchev–Trinajstić information content (AvgIpc) is 3.12. The predicted octanol–water partition coefficient (Wildman–Crippen LogP) is 5.30. The van der Waals surface area contributed by atoms with Crippen molar-refractivity contribution < 1.29 is 36.2 Å². The van der Waals surface area contributed by atoms with Crippen LogP contribution in [0.4, 0.5) is 23.2 Å². The first-order chi connectivity index (χ1) is 13.8. The number of aryl methyl sites for hydroxylation is 1. The molecule has 0 aliphatic heterocycles. The van der Waals surface area contributed by atoms with Gasteiger partial charge in [-0.05, 0) is 48.9 Å². The van der Waals surface area contributed by atoms with Gasteiger partial charge in [0.05, 0.1) is 5.69 Å². The van der Waals surface area contributed by atoms with Gasteiger partial charge in [-0.2, -0.15) is 8.78 Å². The van der Waals surface area contributed by atoms with Crippen LogP contribution >= 0.6 is 0 Å². The number of amides is 1. The molecule has 0 aliphatic carbocycles. The molecular weight excluding hydrogens is 394 g/mol. The van der Waals surface area contributed by atoms with E-state index in [1.165, 1.54) is 24.3 Å². The van der Waals surface area contributed by atoms with Crippen LogP contribution in [-0.4, -0.2) is 12.5 Å². The highest BCUT2D eigenvalue weighted by molar-refractivity contribution is 6.03. The minimum Gasteiger partial charge on any atom is -0.483 e. The first kappa shape index (κ1) is 20.2. The summed E-state index contributed by atoms with van der Waals surface area (Å²) in [7, 11) is 0. The van der Waals surface area contributed by atoms with Crippen molar-refractivity contribution >= 4 is 11.6 Å². The van der Waals surface area contributed by atoms with Gasteiger partial charge in [0.2, 0.25) is 0 Å². The van der Waals surface area contributed by atoms with Crippen molar-refractivity contribution in [2.75, 3.05) is 5.32 Å². The van der Waals surface area contributed by atoms with E-state index in [4.69, 9.17) is 9.15 Å². The lowest BCUT2D eigenvalue weighted by atomic mass is 10.2. The molecule has 0 spiro atoms. The molecule has 29 heavy (non-hydrogen) atoms. The van der Waals surface area contributed by atoms with Gasteiger partial charge in [-0.1, -0.05) is 6.07 Å². The molecule has 2 aromatic carbocycles. The number of halogens is 4. The number of alkyl halides is 2. The molecule has 0 saturated heterocycles. The van der Waals surface area contributed by atoms with E-state index in [0.717, 1.165) is 12.1 Å². The first-order valence-electron chi connectivity index (χ1n) is 8.35. The summed E-state index contributed by atoms with van der Waals surface area (Å²) in [4.78, 5) is 12.3. The van der Waals surface area contributed by atoms with Crippen LogP contribution in [0.25, 0.3) is 0 Å². The average molecular weight is 409 g/mol. The lowest BCUT2D eigenvalue weighted by Crippen LogP contribution is -2.13. The Morgan fingerprint density at radius 3 is 2.59 bits per heavy atom. The number of furan rings is 1. The minimum absolute atomic E-state index is 0.0449. The van der Waals surface area contributed by atoms with Gasteiger partial charge < -0.3 is 19.2 Å². The maximum absolute atomic E-state index is 13.6. The number of rotatable bonds is 7. The number of nitrogens with one attached hydrogen (secondary N) is 1. The smallest absolute Gasteiger partial charge is 0.387 e. The van der Waals surface area contributed by atoms with Crippen LogP contribution in [0.5, 0.6) is 11.5 Å². The van der Waals surface area contributed by atoms with Crippen LogP contribution < -0.4 is 14.8 Å². The monoisotopic (exact) mass is 409 g/mol. The molecule has 152 valence electrons. The zero-order chi connectivity index (χ0) is 21.0. The Bertz CT molecular complexity index is 1020. The largest absolute Gasteiger partial charge is 0.483 e. The molecule has 0 fully saturated rings. The van der Waals surface area contributed by atoms with Crippen molar-refractivity contribution in [3.05, 3.63) is 77.2 Å². The third-order valence-corrected chi connectivity index (χ3v) is 3.75. The molecule has 0 bridgehead atoms. The Labute approximate surface area is 162 Å². The fraction of sp³-hybridized carbons (Fsp3) is 0.150. The fourth-order valence-corrected chi connectivity index (χ4v) is 2.43. The van der Waals surface area contributed by atoms with Gasteiger partial charge in [0.25, 0.3) is 5.91 Å². The second kappa shape index (κ2) is 8.68. The molecule has 3 rings (SSSR count). The molecule has 0 atom stereocenters. The van der Waals surface area contributed by atoms with Crippen LogP contribution in [0, 0.1) is 18.6 Å². The Morgan fingerprint density at radius 2 is 1.86 bits per heavy atom. The zero-order valence-electron chi connectivity index (χ0n) is 15.0. The lowest BCUT2D eigenvalue weighted by molar-refractivity contribution is -0.0494. The topological polar surface area (TPSA) is 60.7 Å². The normalized spacial score (nSPS) is 10.8. The van der Waals surface area contributed by atoms with E-state index < -0.39 is 24.2 Å². The second-order valence-corrected chi connectivity index (χ2v) is 5.96. The van der Waals surface area contributed by atoms with E-state index in [1.807, 2.05) is 0 Å². The van der Waals surface area contributed by atoms with Crippen LogP contribution in [0.2, 0.25) is 0 Å². The Hall–Kier alpha value is -3.49. The molecule has 1 amide bonds. The Balaban J connectivity index is 1.66. The molecule has 1 heterocycles. The predicted molar refractivity (Wildman–Crippen MR) is 95.2 cm³/mol. The number of hydrogen-bond acceptors (Lipinski definition) is 4. The number of ether oxygens (including phenoxy) is 2. The van der Waals surface area contributed by atoms with E-state index in [1.54, 1.807) is 13.0 Å². The standard InChI is InChI=1S/C20H15F4NO4/c1-11-2-5-15(18(8-11)29-20(23)24)25-19(26)17-7-4-13(28-17)10-27-16-6-3-12(21)9-14(16)22/h2-9,20H,10H2,1H3,(H,25,26). The zero-order valence-corrected chi connectivity index (χ0v) is 15.0. The quantitative estimate of drug-likeness (QED) is 0.538. The highest BCUT2D eigenvalue weighted by Crippen LogP contribution is 2.28. The summed E-state index contributed by atoms with van der Waals surface area (Å²) in [6.07, 6.45) is 0. The molecular formula is C20H15F4NO4. The third kappa shape index (κ3) is 5.28. The molecule has 0 unspecified atom stereocenters. The van der Waals surface area contributed by atoms with Crippen LogP contribution in [0.1, 0.15) is 21.9 Å². The minimum atomic E-state index is -3.05. The van der Waals surface area contributed by atoms with E-state index >= 15 is 0 Å². The molecule has 1 aromatic heterocycles. The van der Waals surface area contributed by atoms with Gasteiger partial charge in [0.15, 0.2) is 17.3 Å². The SMILES string of the molecule is Cc1ccc(NC(=O)c2ccc(COc3ccc(F)cc3F)o2)c(OC(F)F)c1. The number of hydrogen-bond donors (Lipinski definition) is 1. The van der Waals surface area contributed by atoms with Crippen molar-refractivity contribution in [3.8, 4) is 11.5 Å². The molecule has 3 aromatic rings. The van der Waals surface area contributed by atoms with Gasteiger partial charge >= 0.3 is 6.61 Å². The third-order valence-electron chi connectivity index (χ3n) is 3.75. The summed E-state index contributed by atoms with van der Waals surface area (Å²) < 4.78 is 66.5. The number of benzene rings is 2.